The Kier molecular flexibility index (Phi) is 3.15. The van der Waals surface area contributed by atoms with Crippen molar-refractivity contribution in [3.8, 4) is 11.1 Å². The molecule has 0 N–H and O–H groups in total. The van der Waals surface area contributed by atoms with Gasteiger partial charge in [0.15, 0.2) is 0 Å². The highest BCUT2D eigenvalue weighted by Gasteiger charge is 2.10. The Morgan fingerprint density at radius 2 is 1.82 bits per heavy atom. The van der Waals surface area contributed by atoms with Crippen molar-refractivity contribution in [2.75, 3.05) is 0 Å². The minimum atomic E-state index is -0.407. The maximum atomic E-state index is 14.0. The van der Waals surface area contributed by atoms with E-state index in [-0.39, 0.29) is 0 Å². The Labute approximate surface area is 99.2 Å². The van der Waals surface area contributed by atoms with Gasteiger partial charge in [0.2, 0.25) is 0 Å². The molecule has 2 aromatic carbocycles. The first-order valence-electron chi connectivity index (χ1n) is 5.23. The van der Waals surface area contributed by atoms with Crippen LogP contribution >= 0.6 is 0 Å². The number of carbonyl (C=O) groups is 1. The van der Waals surface area contributed by atoms with Gasteiger partial charge in [-0.15, -0.1) is 0 Å². The lowest BCUT2D eigenvalue weighted by Crippen LogP contribution is -1.92. The lowest BCUT2D eigenvalue weighted by Gasteiger charge is -2.08. The van der Waals surface area contributed by atoms with Crippen molar-refractivity contribution in [1.82, 2.24) is 0 Å². The zero-order chi connectivity index (χ0) is 12.3. The number of hydrogen-bond donors (Lipinski definition) is 0. The standard InChI is InChI=1S/C15H11FO/c1-2-12-8-11(10-17)9-14(16)15(12)13-6-4-3-5-7-13/h2-10H,1H2. The van der Waals surface area contributed by atoms with Gasteiger partial charge >= 0.3 is 0 Å². The molecule has 17 heavy (non-hydrogen) atoms. The van der Waals surface area contributed by atoms with E-state index in [1.165, 1.54) is 6.07 Å². The molecule has 0 aliphatic carbocycles. The van der Waals surface area contributed by atoms with Crippen LogP contribution in [-0.4, -0.2) is 6.29 Å². The van der Waals surface area contributed by atoms with Crippen molar-refractivity contribution in [2.24, 2.45) is 0 Å². The molecule has 0 saturated carbocycles. The highest BCUT2D eigenvalue weighted by Crippen LogP contribution is 2.28. The third-order valence-electron chi connectivity index (χ3n) is 2.56. The summed E-state index contributed by atoms with van der Waals surface area (Å²) in [6.45, 7) is 3.65. The van der Waals surface area contributed by atoms with Crippen LogP contribution in [0.3, 0.4) is 0 Å². The summed E-state index contributed by atoms with van der Waals surface area (Å²) in [4.78, 5) is 10.7. The van der Waals surface area contributed by atoms with Crippen LogP contribution in [0.1, 0.15) is 15.9 Å². The predicted octanol–water partition coefficient (Wildman–Crippen LogP) is 3.95. The largest absolute Gasteiger partial charge is 0.298 e. The van der Waals surface area contributed by atoms with Gasteiger partial charge in [-0.05, 0) is 23.3 Å². The van der Waals surface area contributed by atoms with Crippen LogP contribution in [0.5, 0.6) is 0 Å². The molecule has 0 radical (unpaired) electrons. The van der Waals surface area contributed by atoms with Crippen LogP contribution in [0.15, 0.2) is 49.0 Å². The third-order valence-corrected chi connectivity index (χ3v) is 2.56. The van der Waals surface area contributed by atoms with Gasteiger partial charge < -0.3 is 0 Å². The molecule has 0 fully saturated rings. The smallest absolute Gasteiger partial charge is 0.150 e. The number of halogens is 1. The zero-order valence-corrected chi connectivity index (χ0v) is 9.19. The third kappa shape index (κ3) is 2.16. The van der Waals surface area contributed by atoms with E-state index in [9.17, 15) is 9.18 Å². The second kappa shape index (κ2) is 4.74. The number of carbonyl (C=O) groups excluding carboxylic acids is 1. The van der Waals surface area contributed by atoms with Crippen LogP contribution in [0.2, 0.25) is 0 Å². The van der Waals surface area contributed by atoms with Gasteiger partial charge in [0.05, 0.1) is 0 Å². The predicted molar refractivity (Wildman–Crippen MR) is 67.3 cm³/mol. The van der Waals surface area contributed by atoms with Gasteiger partial charge in [0, 0.05) is 11.1 Å². The highest BCUT2D eigenvalue weighted by molar-refractivity contribution is 5.82. The fraction of sp³-hybridized carbons (Fsp3) is 0. The summed E-state index contributed by atoms with van der Waals surface area (Å²) in [5, 5.41) is 0. The lowest BCUT2D eigenvalue weighted by molar-refractivity contribution is 0.112. The van der Waals surface area contributed by atoms with E-state index < -0.39 is 5.82 Å². The Morgan fingerprint density at radius 3 is 2.41 bits per heavy atom. The van der Waals surface area contributed by atoms with E-state index in [2.05, 4.69) is 6.58 Å². The Balaban J connectivity index is 2.69. The summed E-state index contributed by atoms with van der Waals surface area (Å²) in [6, 6.07) is 12.1. The average Bonchev–Trinajstić information content (AvgIpc) is 2.38. The Hall–Kier alpha value is -2.22. The van der Waals surface area contributed by atoms with Crippen molar-refractivity contribution in [3.63, 3.8) is 0 Å². The summed E-state index contributed by atoms with van der Waals surface area (Å²) >= 11 is 0. The van der Waals surface area contributed by atoms with Crippen LogP contribution in [0, 0.1) is 5.82 Å². The molecule has 2 heteroatoms. The van der Waals surface area contributed by atoms with E-state index in [1.807, 2.05) is 30.3 Å². The van der Waals surface area contributed by atoms with E-state index in [4.69, 9.17) is 0 Å². The van der Waals surface area contributed by atoms with Crippen LogP contribution in [0.25, 0.3) is 17.2 Å². The molecule has 2 rings (SSSR count). The average molecular weight is 226 g/mol. The molecule has 2 aromatic rings. The number of hydrogen-bond acceptors (Lipinski definition) is 1. The van der Waals surface area contributed by atoms with Crippen LogP contribution in [0.4, 0.5) is 4.39 Å². The van der Waals surface area contributed by atoms with Gasteiger partial charge in [0.1, 0.15) is 12.1 Å². The van der Waals surface area contributed by atoms with Crippen molar-refractivity contribution < 1.29 is 9.18 Å². The Morgan fingerprint density at radius 1 is 1.12 bits per heavy atom. The number of benzene rings is 2. The summed E-state index contributed by atoms with van der Waals surface area (Å²) in [6.07, 6.45) is 2.18. The van der Waals surface area contributed by atoms with Crippen LogP contribution < -0.4 is 0 Å². The molecule has 0 unspecified atom stereocenters. The SMILES string of the molecule is C=Cc1cc(C=O)cc(F)c1-c1ccccc1. The van der Waals surface area contributed by atoms with E-state index in [0.29, 0.717) is 23.0 Å². The first-order valence-corrected chi connectivity index (χ1v) is 5.23. The van der Waals surface area contributed by atoms with E-state index >= 15 is 0 Å². The fourth-order valence-corrected chi connectivity index (χ4v) is 1.79. The minimum absolute atomic E-state index is 0.317. The second-order valence-corrected chi connectivity index (χ2v) is 3.65. The fourth-order valence-electron chi connectivity index (χ4n) is 1.79. The summed E-state index contributed by atoms with van der Waals surface area (Å²) in [5.41, 5.74) is 2.19. The van der Waals surface area contributed by atoms with Crippen molar-refractivity contribution in [1.29, 1.82) is 0 Å². The molecular weight excluding hydrogens is 215 g/mol. The Bertz CT molecular complexity index is 559. The maximum Gasteiger partial charge on any atom is 0.150 e. The van der Waals surface area contributed by atoms with Crippen LogP contribution in [-0.2, 0) is 0 Å². The molecule has 0 atom stereocenters. The molecule has 0 amide bonds. The first-order chi connectivity index (χ1) is 8.26. The minimum Gasteiger partial charge on any atom is -0.298 e. The first kappa shape index (κ1) is 11.3. The van der Waals surface area contributed by atoms with E-state index in [0.717, 1.165) is 5.56 Å². The lowest BCUT2D eigenvalue weighted by atomic mass is 9.97. The zero-order valence-electron chi connectivity index (χ0n) is 9.19. The molecule has 0 saturated heterocycles. The molecule has 1 nitrogen and oxygen atoms in total. The molecule has 0 spiro atoms. The summed E-state index contributed by atoms with van der Waals surface area (Å²) in [7, 11) is 0. The topological polar surface area (TPSA) is 17.1 Å². The van der Waals surface area contributed by atoms with Crippen molar-refractivity contribution >= 4 is 12.4 Å². The molecular formula is C15H11FO. The van der Waals surface area contributed by atoms with Gasteiger partial charge in [-0.25, -0.2) is 4.39 Å². The van der Waals surface area contributed by atoms with Gasteiger partial charge in [-0.1, -0.05) is 43.0 Å². The number of rotatable bonds is 3. The molecule has 0 heterocycles. The second-order valence-electron chi connectivity index (χ2n) is 3.65. The monoisotopic (exact) mass is 226 g/mol. The molecule has 84 valence electrons. The van der Waals surface area contributed by atoms with Crippen molar-refractivity contribution in [3.05, 3.63) is 66.0 Å². The maximum absolute atomic E-state index is 14.0. The van der Waals surface area contributed by atoms with Gasteiger partial charge in [-0.3, -0.25) is 4.79 Å². The molecule has 0 aliphatic rings. The van der Waals surface area contributed by atoms with E-state index in [1.54, 1.807) is 12.1 Å². The normalized spacial score (nSPS) is 9.94. The quantitative estimate of drug-likeness (QED) is 0.724. The number of aldehydes is 1. The molecule has 0 bridgehead atoms. The van der Waals surface area contributed by atoms with Crippen molar-refractivity contribution in [2.45, 2.75) is 0 Å². The summed E-state index contributed by atoms with van der Waals surface area (Å²) < 4.78 is 14.0. The highest BCUT2D eigenvalue weighted by atomic mass is 19.1. The van der Waals surface area contributed by atoms with Gasteiger partial charge in [-0.2, -0.15) is 0 Å². The summed E-state index contributed by atoms with van der Waals surface area (Å²) in [5.74, 6) is -0.407. The molecule has 0 aromatic heterocycles. The van der Waals surface area contributed by atoms with Gasteiger partial charge in [0.25, 0.3) is 0 Å². The molecule has 0 aliphatic heterocycles.